The second kappa shape index (κ2) is 8.61. The third kappa shape index (κ3) is 5.15. The van der Waals surface area contributed by atoms with Gasteiger partial charge in [-0.1, -0.05) is 25.1 Å². The first-order valence-corrected chi connectivity index (χ1v) is 10.3. The number of aliphatic hydroxyl groups is 1. The zero-order valence-electron chi connectivity index (χ0n) is 14.8. The Morgan fingerprint density at radius 1 is 1.12 bits per heavy atom. The average molecular weight is 351 g/mol. The summed E-state index contributed by atoms with van der Waals surface area (Å²) in [6.45, 7) is 7.83. The van der Waals surface area contributed by atoms with Crippen molar-refractivity contribution in [3.8, 4) is 0 Å². The van der Waals surface area contributed by atoms with Gasteiger partial charge >= 0.3 is 0 Å². The van der Waals surface area contributed by atoms with Crippen LogP contribution in [-0.4, -0.2) is 69.0 Å². The van der Waals surface area contributed by atoms with Crippen LogP contribution in [-0.2, 0) is 6.54 Å². The predicted octanol–water partition coefficient (Wildman–Crippen LogP) is 2.40. The van der Waals surface area contributed by atoms with Crippen LogP contribution in [0.3, 0.4) is 0 Å². The molecule has 6 heteroatoms. The van der Waals surface area contributed by atoms with Crippen molar-refractivity contribution in [1.82, 2.24) is 19.8 Å². The molecule has 2 fully saturated rings. The Labute approximate surface area is 149 Å². The molecule has 0 saturated carbocycles. The fourth-order valence-electron chi connectivity index (χ4n) is 3.69. The second-order valence-corrected chi connectivity index (χ2v) is 8.31. The Kier molecular flexibility index (Phi) is 6.49. The molecule has 1 atom stereocenters. The van der Waals surface area contributed by atoms with E-state index in [0.29, 0.717) is 0 Å². The van der Waals surface area contributed by atoms with Gasteiger partial charge in [0.15, 0.2) is 5.16 Å². The topological polar surface area (TPSA) is 52.5 Å². The maximum absolute atomic E-state index is 10.9. The minimum atomic E-state index is -0.547. The Bertz CT molecular complexity index is 506. The lowest BCUT2D eigenvalue weighted by atomic mass is 10.0. The highest BCUT2D eigenvalue weighted by Gasteiger charge is 2.37. The number of nitrogens with zero attached hydrogens (tertiary/aromatic N) is 4. The highest BCUT2D eigenvalue weighted by molar-refractivity contribution is 7.99. The highest BCUT2D eigenvalue weighted by Crippen LogP contribution is 2.25. The summed E-state index contributed by atoms with van der Waals surface area (Å²) in [6.07, 6.45) is 9.78. The molecule has 0 unspecified atom stereocenters. The van der Waals surface area contributed by atoms with Crippen LogP contribution < -0.4 is 0 Å². The number of β-amino-alcohol motifs (C(OH)–C–C–N with tert-alkyl or cyclic N) is 1. The second-order valence-electron chi connectivity index (χ2n) is 7.24. The number of piperidine rings is 1. The molecule has 0 aliphatic carbocycles. The SMILES string of the molecule is CCCSc1ncc(CN2CC[C@](O)(CN3CCCCC3)C2)cn1. The lowest BCUT2D eigenvalue weighted by Crippen LogP contribution is -2.46. The Morgan fingerprint density at radius 3 is 2.58 bits per heavy atom. The molecule has 2 saturated heterocycles. The van der Waals surface area contributed by atoms with E-state index in [1.165, 1.54) is 19.3 Å². The van der Waals surface area contributed by atoms with Crippen molar-refractivity contribution in [2.45, 2.75) is 56.3 Å². The number of likely N-dealkylation sites (tertiary alicyclic amines) is 2. The van der Waals surface area contributed by atoms with E-state index in [1.54, 1.807) is 11.8 Å². The number of hydrogen-bond acceptors (Lipinski definition) is 6. The van der Waals surface area contributed by atoms with Crippen molar-refractivity contribution in [3.63, 3.8) is 0 Å². The molecule has 2 aliphatic heterocycles. The molecule has 134 valence electrons. The summed E-state index contributed by atoms with van der Waals surface area (Å²) < 4.78 is 0. The van der Waals surface area contributed by atoms with Crippen LogP contribution in [0.25, 0.3) is 0 Å². The Morgan fingerprint density at radius 2 is 1.88 bits per heavy atom. The fraction of sp³-hybridized carbons (Fsp3) is 0.778. The fourth-order valence-corrected chi connectivity index (χ4v) is 4.33. The first-order chi connectivity index (χ1) is 11.7. The van der Waals surface area contributed by atoms with E-state index in [0.717, 1.165) is 68.6 Å². The van der Waals surface area contributed by atoms with Crippen molar-refractivity contribution in [2.75, 3.05) is 38.5 Å². The van der Waals surface area contributed by atoms with Gasteiger partial charge in [0.2, 0.25) is 0 Å². The van der Waals surface area contributed by atoms with Gasteiger partial charge in [-0.25, -0.2) is 9.97 Å². The molecule has 0 bridgehead atoms. The van der Waals surface area contributed by atoms with E-state index < -0.39 is 5.60 Å². The van der Waals surface area contributed by atoms with Gasteiger partial charge in [-0.05, 0) is 38.8 Å². The maximum atomic E-state index is 10.9. The molecule has 1 aromatic heterocycles. The van der Waals surface area contributed by atoms with Crippen LogP contribution in [0.5, 0.6) is 0 Å². The van der Waals surface area contributed by atoms with Crippen molar-refractivity contribution < 1.29 is 5.11 Å². The molecule has 3 heterocycles. The van der Waals surface area contributed by atoms with Crippen molar-refractivity contribution >= 4 is 11.8 Å². The summed E-state index contributed by atoms with van der Waals surface area (Å²) >= 11 is 1.71. The molecule has 0 spiro atoms. The van der Waals surface area contributed by atoms with Gasteiger partial charge in [0.05, 0.1) is 5.60 Å². The molecule has 0 radical (unpaired) electrons. The minimum absolute atomic E-state index is 0.547. The normalized spacial score (nSPS) is 26.1. The zero-order valence-corrected chi connectivity index (χ0v) is 15.6. The summed E-state index contributed by atoms with van der Waals surface area (Å²) in [7, 11) is 0. The zero-order chi connectivity index (χ0) is 16.8. The van der Waals surface area contributed by atoms with Gasteiger partial charge < -0.3 is 10.0 Å². The molecule has 0 amide bonds. The third-order valence-corrected chi connectivity index (χ3v) is 5.98. The average Bonchev–Trinajstić information content (AvgIpc) is 2.95. The minimum Gasteiger partial charge on any atom is -0.387 e. The van der Waals surface area contributed by atoms with E-state index in [9.17, 15) is 5.11 Å². The summed E-state index contributed by atoms with van der Waals surface area (Å²) in [4.78, 5) is 13.7. The monoisotopic (exact) mass is 350 g/mol. The van der Waals surface area contributed by atoms with Crippen LogP contribution in [0.15, 0.2) is 17.6 Å². The number of thioether (sulfide) groups is 1. The van der Waals surface area contributed by atoms with Crippen LogP contribution >= 0.6 is 11.8 Å². The molecular formula is C18H30N4OS. The molecule has 1 aromatic rings. The van der Waals surface area contributed by atoms with E-state index >= 15 is 0 Å². The van der Waals surface area contributed by atoms with Crippen LogP contribution in [0, 0.1) is 0 Å². The van der Waals surface area contributed by atoms with E-state index in [4.69, 9.17) is 0 Å². The molecule has 1 N–H and O–H groups in total. The van der Waals surface area contributed by atoms with E-state index in [1.807, 2.05) is 12.4 Å². The summed E-state index contributed by atoms with van der Waals surface area (Å²) in [5, 5.41) is 11.8. The van der Waals surface area contributed by atoms with Gasteiger partial charge in [-0.3, -0.25) is 4.90 Å². The number of hydrogen-bond donors (Lipinski definition) is 1. The predicted molar refractivity (Wildman–Crippen MR) is 98.2 cm³/mol. The Hall–Kier alpha value is -0.690. The first-order valence-electron chi connectivity index (χ1n) is 9.28. The molecule has 24 heavy (non-hydrogen) atoms. The van der Waals surface area contributed by atoms with E-state index in [2.05, 4.69) is 26.7 Å². The molecule has 3 rings (SSSR count). The molecule has 2 aliphatic rings. The quantitative estimate of drug-likeness (QED) is 0.602. The maximum Gasteiger partial charge on any atom is 0.187 e. The lowest BCUT2D eigenvalue weighted by molar-refractivity contribution is 0.00633. The number of aromatic nitrogens is 2. The van der Waals surface area contributed by atoms with Crippen molar-refractivity contribution in [2.24, 2.45) is 0 Å². The summed E-state index contributed by atoms with van der Waals surface area (Å²) in [5.74, 6) is 1.06. The van der Waals surface area contributed by atoms with Gasteiger partial charge in [0.25, 0.3) is 0 Å². The summed E-state index contributed by atoms with van der Waals surface area (Å²) in [5.41, 5.74) is 0.591. The molecule has 0 aromatic carbocycles. The van der Waals surface area contributed by atoms with Crippen molar-refractivity contribution in [3.05, 3.63) is 18.0 Å². The highest BCUT2D eigenvalue weighted by atomic mass is 32.2. The smallest absolute Gasteiger partial charge is 0.187 e. The van der Waals surface area contributed by atoms with Gasteiger partial charge in [-0.15, -0.1) is 0 Å². The van der Waals surface area contributed by atoms with Gasteiger partial charge in [-0.2, -0.15) is 0 Å². The standard InChI is InChI=1S/C18H30N4OS/c1-2-10-24-17-19-11-16(12-20-17)13-22-9-6-18(23,15-22)14-21-7-4-3-5-8-21/h11-12,23H,2-10,13-15H2,1H3/t18-/m0/s1. The van der Waals surface area contributed by atoms with Gasteiger partial charge in [0.1, 0.15) is 0 Å². The third-order valence-electron chi connectivity index (χ3n) is 4.90. The largest absolute Gasteiger partial charge is 0.387 e. The summed E-state index contributed by atoms with van der Waals surface area (Å²) in [6, 6.07) is 0. The Balaban J connectivity index is 1.48. The van der Waals surface area contributed by atoms with E-state index in [-0.39, 0.29) is 0 Å². The lowest BCUT2D eigenvalue weighted by Gasteiger charge is -2.33. The molecule has 5 nitrogen and oxygen atoms in total. The molecular weight excluding hydrogens is 320 g/mol. The van der Waals surface area contributed by atoms with Crippen LogP contribution in [0.2, 0.25) is 0 Å². The van der Waals surface area contributed by atoms with Crippen LogP contribution in [0.1, 0.15) is 44.6 Å². The van der Waals surface area contributed by atoms with Gasteiger partial charge in [0, 0.05) is 49.9 Å². The number of rotatable bonds is 7. The van der Waals surface area contributed by atoms with Crippen molar-refractivity contribution in [1.29, 1.82) is 0 Å². The first kappa shape index (κ1) is 18.1. The van der Waals surface area contributed by atoms with Crippen LogP contribution in [0.4, 0.5) is 0 Å².